The SMILES string of the molecule is [c]1ccc2c(-c3nnn[nH]3)cn(C3CC3)c2c1. The Morgan fingerprint density at radius 3 is 3.12 bits per heavy atom. The van der Waals surface area contributed by atoms with Gasteiger partial charge in [-0.3, -0.25) is 0 Å². The molecular formula is C12H10N5. The van der Waals surface area contributed by atoms with Crippen molar-refractivity contribution in [2.24, 2.45) is 0 Å². The third-order valence-electron chi connectivity index (χ3n) is 3.22. The fourth-order valence-electron chi connectivity index (χ4n) is 2.26. The lowest BCUT2D eigenvalue weighted by Gasteiger charge is -2.00. The van der Waals surface area contributed by atoms with Crippen LogP contribution in [0.1, 0.15) is 18.9 Å². The highest BCUT2D eigenvalue weighted by molar-refractivity contribution is 5.94. The minimum atomic E-state index is 0.637. The summed E-state index contributed by atoms with van der Waals surface area (Å²) in [6.45, 7) is 0. The van der Waals surface area contributed by atoms with Gasteiger partial charge in [-0.05, 0) is 35.4 Å². The fourth-order valence-corrected chi connectivity index (χ4v) is 2.26. The zero-order valence-electron chi connectivity index (χ0n) is 9.09. The molecule has 3 aromatic rings. The maximum atomic E-state index is 3.99. The van der Waals surface area contributed by atoms with Crippen molar-refractivity contribution in [2.45, 2.75) is 18.9 Å². The van der Waals surface area contributed by atoms with Crippen molar-refractivity contribution in [1.82, 2.24) is 25.2 Å². The Hall–Kier alpha value is -2.17. The molecule has 1 aromatic carbocycles. The molecular weight excluding hydrogens is 214 g/mol. The Balaban J connectivity index is 2.03. The third kappa shape index (κ3) is 1.28. The van der Waals surface area contributed by atoms with Gasteiger partial charge in [0.2, 0.25) is 0 Å². The molecule has 0 saturated heterocycles. The van der Waals surface area contributed by atoms with Crippen molar-refractivity contribution in [3.05, 3.63) is 30.5 Å². The second-order valence-electron chi connectivity index (χ2n) is 4.37. The van der Waals surface area contributed by atoms with Gasteiger partial charge in [0.05, 0.1) is 0 Å². The van der Waals surface area contributed by atoms with E-state index in [0.29, 0.717) is 6.04 Å². The summed E-state index contributed by atoms with van der Waals surface area (Å²) in [5.74, 6) is 0.723. The number of H-pyrrole nitrogens is 1. The van der Waals surface area contributed by atoms with E-state index in [2.05, 4.69) is 43.5 Å². The Kier molecular flexibility index (Phi) is 1.66. The largest absolute Gasteiger partial charge is 0.344 e. The monoisotopic (exact) mass is 224 g/mol. The molecule has 2 aromatic heterocycles. The van der Waals surface area contributed by atoms with Crippen LogP contribution in [-0.2, 0) is 0 Å². The third-order valence-corrected chi connectivity index (χ3v) is 3.22. The minimum Gasteiger partial charge on any atom is -0.344 e. The molecule has 2 heterocycles. The summed E-state index contributed by atoms with van der Waals surface area (Å²) >= 11 is 0. The highest BCUT2D eigenvalue weighted by atomic mass is 15.5. The van der Waals surface area contributed by atoms with E-state index in [1.807, 2.05) is 12.1 Å². The summed E-state index contributed by atoms with van der Waals surface area (Å²) in [7, 11) is 0. The van der Waals surface area contributed by atoms with Crippen molar-refractivity contribution < 1.29 is 0 Å². The van der Waals surface area contributed by atoms with Gasteiger partial charge in [0.15, 0.2) is 5.82 Å². The summed E-state index contributed by atoms with van der Waals surface area (Å²) in [6, 6.07) is 9.79. The highest BCUT2D eigenvalue weighted by Gasteiger charge is 2.26. The van der Waals surface area contributed by atoms with Gasteiger partial charge in [-0.2, -0.15) is 0 Å². The van der Waals surface area contributed by atoms with E-state index in [0.717, 1.165) is 11.4 Å². The van der Waals surface area contributed by atoms with Crippen LogP contribution >= 0.6 is 0 Å². The molecule has 0 amide bonds. The van der Waals surface area contributed by atoms with Gasteiger partial charge >= 0.3 is 0 Å². The number of nitrogens with one attached hydrogen (secondary N) is 1. The first-order valence-corrected chi connectivity index (χ1v) is 5.68. The van der Waals surface area contributed by atoms with Crippen molar-refractivity contribution in [1.29, 1.82) is 0 Å². The number of rotatable bonds is 2. The summed E-state index contributed by atoms with van der Waals surface area (Å²) in [4.78, 5) is 0. The molecule has 17 heavy (non-hydrogen) atoms. The average Bonchev–Trinajstić information content (AvgIpc) is 2.93. The molecule has 5 nitrogen and oxygen atoms in total. The Morgan fingerprint density at radius 2 is 2.35 bits per heavy atom. The Bertz CT molecular complexity index is 663. The summed E-state index contributed by atoms with van der Waals surface area (Å²) in [6.07, 6.45) is 4.65. The summed E-state index contributed by atoms with van der Waals surface area (Å²) in [5.41, 5.74) is 2.27. The van der Waals surface area contributed by atoms with Crippen LogP contribution < -0.4 is 0 Å². The molecule has 0 aliphatic heterocycles. The number of tetrazole rings is 1. The topological polar surface area (TPSA) is 59.4 Å². The number of hydrogen-bond donors (Lipinski definition) is 1. The molecule has 0 bridgehead atoms. The molecule has 0 spiro atoms. The van der Waals surface area contributed by atoms with Crippen LogP contribution in [0.2, 0.25) is 0 Å². The first-order chi connectivity index (χ1) is 8.43. The Morgan fingerprint density at radius 1 is 1.41 bits per heavy atom. The van der Waals surface area contributed by atoms with E-state index in [1.165, 1.54) is 23.7 Å². The van der Waals surface area contributed by atoms with Crippen LogP contribution in [0.5, 0.6) is 0 Å². The maximum absolute atomic E-state index is 3.99. The smallest absolute Gasteiger partial charge is 0.181 e. The molecule has 1 saturated carbocycles. The fraction of sp³-hybridized carbons (Fsp3) is 0.250. The molecule has 1 fully saturated rings. The van der Waals surface area contributed by atoms with E-state index in [-0.39, 0.29) is 0 Å². The molecule has 0 atom stereocenters. The quantitative estimate of drug-likeness (QED) is 0.723. The zero-order valence-corrected chi connectivity index (χ0v) is 9.09. The van der Waals surface area contributed by atoms with Gasteiger partial charge in [-0.1, -0.05) is 12.1 Å². The lowest BCUT2D eigenvalue weighted by Crippen LogP contribution is -1.89. The molecule has 83 valence electrons. The van der Waals surface area contributed by atoms with Crippen LogP contribution in [0.3, 0.4) is 0 Å². The molecule has 1 N–H and O–H groups in total. The predicted molar refractivity (Wildman–Crippen MR) is 62.2 cm³/mol. The first kappa shape index (κ1) is 8.92. The number of hydrogen-bond acceptors (Lipinski definition) is 3. The van der Waals surface area contributed by atoms with Crippen LogP contribution in [0.4, 0.5) is 0 Å². The maximum Gasteiger partial charge on any atom is 0.181 e. The van der Waals surface area contributed by atoms with Gasteiger partial charge < -0.3 is 4.57 Å². The number of aromatic amines is 1. The average molecular weight is 224 g/mol. The van der Waals surface area contributed by atoms with Crippen molar-refractivity contribution in [2.75, 3.05) is 0 Å². The second-order valence-corrected chi connectivity index (χ2v) is 4.37. The highest BCUT2D eigenvalue weighted by Crippen LogP contribution is 2.40. The van der Waals surface area contributed by atoms with Crippen molar-refractivity contribution in [3.8, 4) is 11.4 Å². The molecule has 5 heteroatoms. The summed E-state index contributed by atoms with van der Waals surface area (Å²) < 4.78 is 2.31. The number of aromatic nitrogens is 5. The van der Waals surface area contributed by atoms with E-state index >= 15 is 0 Å². The molecule has 4 rings (SSSR count). The van der Waals surface area contributed by atoms with Gasteiger partial charge in [0, 0.05) is 28.7 Å². The van der Waals surface area contributed by atoms with Crippen LogP contribution in [0.25, 0.3) is 22.3 Å². The van der Waals surface area contributed by atoms with Crippen LogP contribution in [-0.4, -0.2) is 25.2 Å². The van der Waals surface area contributed by atoms with Crippen molar-refractivity contribution in [3.63, 3.8) is 0 Å². The first-order valence-electron chi connectivity index (χ1n) is 5.68. The number of nitrogens with zero attached hydrogens (tertiary/aromatic N) is 4. The predicted octanol–water partition coefficient (Wildman–Crippen LogP) is 1.96. The number of benzene rings is 1. The molecule has 1 aliphatic carbocycles. The van der Waals surface area contributed by atoms with Gasteiger partial charge in [-0.15, -0.1) is 5.10 Å². The van der Waals surface area contributed by atoms with E-state index in [4.69, 9.17) is 0 Å². The normalized spacial score (nSPS) is 15.5. The molecule has 1 radical (unpaired) electrons. The van der Waals surface area contributed by atoms with Gasteiger partial charge in [0.25, 0.3) is 0 Å². The van der Waals surface area contributed by atoms with Gasteiger partial charge in [-0.25, -0.2) is 5.10 Å². The molecule has 0 unspecified atom stereocenters. The minimum absolute atomic E-state index is 0.637. The zero-order chi connectivity index (χ0) is 11.2. The van der Waals surface area contributed by atoms with Crippen LogP contribution in [0, 0.1) is 6.07 Å². The standard InChI is InChI=1S/C12H10N5/c1-2-4-11-9(3-1)10(12-13-15-16-14-12)7-17(11)8-5-6-8/h1,3-4,7-8H,5-6H2,(H,13,14,15,16). The lowest BCUT2D eigenvalue weighted by molar-refractivity contribution is 0.776. The van der Waals surface area contributed by atoms with Crippen molar-refractivity contribution >= 4 is 10.9 Å². The molecule has 1 aliphatic rings. The second kappa shape index (κ2) is 3.16. The van der Waals surface area contributed by atoms with E-state index < -0.39 is 0 Å². The van der Waals surface area contributed by atoms with Gasteiger partial charge in [0.1, 0.15) is 0 Å². The van der Waals surface area contributed by atoms with Crippen LogP contribution in [0.15, 0.2) is 24.4 Å². The van der Waals surface area contributed by atoms with E-state index in [9.17, 15) is 0 Å². The number of fused-ring (bicyclic) bond motifs is 1. The Labute approximate surface area is 97.5 Å². The van der Waals surface area contributed by atoms with E-state index in [1.54, 1.807) is 0 Å². The summed E-state index contributed by atoms with van der Waals surface area (Å²) in [5, 5.41) is 15.3. The lowest BCUT2D eigenvalue weighted by atomic mass is 10.2.